The lowest BCUT2D eigenvalue weighted by Crippen LogP contribution is -2.22. The second kappa shape index (κ2) is 6.81. The maximum absolute atomic E-state index is 13.4. The lowest BCUT2D eigenvalue weighted by atomic mass is 10.1. The first-order valence-corrected chi connectivity index (χ1v) is 7.73. The van der Waals surface area contributed by atoms with Crippen molar-refractivity contribution in [2.75, 3.05) is 0 Å². The van der Waals surface area contributed by atoms with Gasteiger partial charge in [0.15, 0.2) is 0 Å². The quantitative estimate of drug-likeness (QED) is 0.769. The number of nitrogens with two attached hydrogens (primary N) is 1. The molecule has 2 aromatic rings. The lowest BCUT2D eigenvalue weighted by Gasteiger charge is -2.21. The van der Waals surface area contributed by atoms with E-state index in [1.165, 1.54) is 23.9 Å². The Morgan fingerprint density at radius 2 is 1.90 bits per heavy atom. The van der Waals surface area contributed by atoms with Crippen LogP contribution in [-0.2, 0) is 0 Å². The SMILES string of the molecule is CC(N)C(Sc1cc(Cl)ccc1Cl)c1cccc(F)c1. The molecule has 0 saturated heterocycles. The molecule has 0 radical (unpaired) electrons. The number of hydrogen-bond donors (Lipinski definition) is 1. The summed E-state index contributed by atoms with van der Waals surface area (Å²) in [5.41, 5.74) is 6.87. The van der Waals surface area contributed by atoms with Crippen LogP contribution < -0.4 is 5.73 Å². The third-order valence-electron chi connectivity index (χ3n) is 2.80. The summed E-state index contributed by atoms with van der Waals surface area (Å²) >= 11 is 13.6. The molecule has 0 aliphatic carbocycles. The number of benzene rings is 2. The third kappa shape index (κ3) is 3.89. The zero-order valence-corrected chi connectivity index (χ0v) is 13.1. The molecule has 1 nitrogen and oxygen atoms in total. The van der Waals surface area contributed by atoms with Crippen LogP contribution in [0, 0.1) is 5.82 Å². The summed E-state index contributed by atoms with van der Waals surface area (Å²) in [5, 5.41) is 1.13. The smallest absolute Gasteiger partial charge is 0.123 e. The van der Waals surface area contributed by atoms with E-state index in [0.29, 0.717) is 10.0 Å². The summed E-state index contributed by atoms with van der Waals surface area (Å²) in [6.07, 6.45) is 0. The predicted octanol–water partition coefficient (Wildman–Crippen LogP) is 5.31. The fourth-order valence-corrected chi connectivity index (χ4v) is 3.50. The standard InChI is InChI=1S/C15H14Cl2FNS/c1-9(19)15(10-3-2-4-12(18)7-10)20-14-8-11(16)5-6-13(14)17/h2-9,15H,19H2,1H3. The number of thioether (sulfide) groups is 1. The number of halogens is 3. The first-order valence-electron chi connectivity index (χ1n) is 6.10. The highest BCUT2D eigenvalue weighted by Crippen LogP contribution is 2.41. The average molecular weight is 330 g/mol. The topological polar surface area (TPSA) is 26.0 Å². The maximum atomic E-state index is 13.4. The minimum absolute atomic E-state index is 0.0957. The molecule has 0 fully saturated rings. The Bertz CT molecular complexity index is 604. The minimum Gasteiger partial charge on any atom is -0.327 e. The largest absolute Gasteiger partial charge is 0.327 e. The van der Waals surface area contributed by atoms with Gasteiger partial charge < -0.3 is 5.73 Å². The van der Waals surface area contributed by atoms with Gasteiger partial charge in [-0.1, -0.05) is 35.3 Å². The van der Waals surface area contributed by atoms with E-state index >= 15 is 0 Å². The monoisotopic (exact) mass is 329 g/mol. The van der Waals surface area contributed by atoms with Crippen LogP contribution >= 0.6 is 35.0 Å². The number of rotatable bonds is 4. The van der Waals surface area contributed by atoms with Gasteiger partial charge in [0, 0.05) is 21.2 Å². The lowest BCUT2D eigenvalue weighted by molar-refractivity contribution is 0.622. The molecule has 0 aliphatic heterocycles. The van der Waals surface area contributed by atoms with Gasteiger partial charge in [-0.15, -0.1) is 11.8 Å². The van der Waals surface area contributed by atoms with Crippen LogP contribution in [0.3, 0.4) is 0 Å². The van der Waals surface area contributed by atoms with E-state index in [4.69, 9.17) is 28.9 Å². The van der Waals surface area contributed by atoms with Gasteiger partial charge in [0.2, 0.25) is 0 Å². The maximum Gasteiger partial charge on any atom is 0.123 e. The minimum atomic E-state index is -0.272. The van der Waals surface area contributed by atoms with Gasteiger partial charge in [-0.05, 0) is 42.8 Å². The second-order valence-electron chi connectivity index (χ2n) is 4.53. The fraction of sp³-hybridized carbons (Fsp3) is 0.200. The van der Waals surface area contributed by atoms with Crippen LogP contribution in [0.1, 0.15) is 17.7 Å². The van der Waals surface area contributed by atoms with Gasteiger partial charge >= 0.3 is 0 Å². The van der Waals surface area contributed by atoms with Crippen molar-refractivity contribution >= 4 is 35.0 Å². The molecule has 20 heavy (non-hydrogen) atoms. The molecule has 2 aromatic carbocycles. The molecule has 106 valence electrons. The van der Waals surface area contributed by atoms with E-state index in [0.717, 1.165) is 10.5 Å². The molecular formula is C15H14Cl2FNS. The molecule has 2 unspecified atom stereocenters. The highest BCUT2D eigenvalue weighted by molar-refractivity contribution is 7.99. The molecule has 0 spiro atoms. The van der Waals surface area contributed by atoms with Gasteiger partial charge in [-0.3, -0.25) is 0 Å². The van der Waals surface area contributed by atoms with Crippen molar-refractivity contribution in [3.05, 3.63) is 63.9 Å². The molecule has 2 rings (SSSR count). The van der Waals surface area contributed by atoms with Crippen LogP contribution in [0.2, 0.25) is 10.0 Å². The third-order valence-corrected chi connectivity index (χ3v) is 5.03. The molecule has 2 N–H and O–H groups in total. The molecular weight excluding hydrogens is 316 g/mol. The van der Waals surface area contributed by atoms with Crippen LogP contribution in [0.25, 0.3) is 0 Å². The Kier molecular flexibility index (Phi) is 5.33. The van der Waals surface area contributed by atoms with Crippen molar-refractivity contribution in [2.45, 2.75) is 23.1 Å². The second-order valence-corrected chi connectivity index (χ2v) is 6.55. The van der Waals surface area contributed by atoms with Gasteiger partial charge in [-0.2, -0.15) is 0 Å². The Morgan fingerprint density at radius 3 is 2.55 bits per heavy atom. The molecule has 2 atom stereocenters. The summed E-state index contributed by atoms with van der Waals surface area (Å²) in [5.74, 6) is -0.272. The Labute approximate surface area is 132 Å². The highest BCUT2D eigenvalue weighted by Gasteiger charge is 2.19. The Hall–Kier alpha value is -0.740. The summed E-state index contributed by atoms with van der Waals surface area (Å²) < 4.78 is 13.4. The van der Waals surface area contributed by atoms with Crippen molar-refractivity contribution in [3.8, 4) is 0 Å². The predicted molar refractivity (Wildman–Crippen MR) is 85.1 cm³/mol. The van der Waals surface area contributed by atoms with Crippen LogP contribution in [0.4, 0.5) is 4.39 Å². The van der Waals surface area contributed by atoms with Crippen molar-refractivity contribution in [1.82, 2.24) is 0 Å². The molecule has 0 bridgehead atoms. The summed E-state index contributed by atoms with van der Waals surface area (Å²) in [4.78, 5) is 0.839. The van der Waals surface area contributed by atoms with E-state index in [1.54, 1.807) is 24.3 Å². The van der Waals surface area contributed by atoms with Crippen LogP contribution in [0.15, 0.2) is 47.4 Å². The normalized spacial score (nSPS) is 14.1. The van der Waals surface area contributed by atoms with Crippen molar-refractivity contribution in [1.29, 1.82) is 0 Å². The molecule has 0 aliphatic rings. The summed E-state index contributed by atoms with van der Waals surface area (Å²) in [6, 6.07) is 11.6. The molecule has 0 amide bonds. The molecule has 5 heteroatoms. The van der Waals surface area contributed by atoms with Crippen molar-refractivity contribution in [2.24, 2.45) is 5.73 Å². The fourth-order valence-electron chi connectivity index (χ4n) is 1.87. The van der Waals surface area contributed by atoms with E-state index in [2.05, 4.69) is 0 Å². The Morgan fingerprint density at radius 1 is 1.15 bits per heavy atom. The van der Waals surface area contributed by atoms with E-state index < -0.39 is 0 Å². The highest BCUT2D eigenvalue weighted by atomic mass is 35.5. The van der Waals surface area contributed by atoms with E-state index in [-0.39, 0.29) is 17.1 Å². The van der Waals surface area contributed by atoms with Crippen molar-refractivity contribution < 1.29 is 4.39 Å². The van der Waals surface area contributed by atoms with Gasteiger partial charge in [-0.25, -0.2) is 4.39 Å². The molecule has 0 heterocycles. The van der Waals surface area contributed by atoms with Gasteiger partial charge in [0.05, 0.1) is 5.02 Å². The van der Waals surface area contributed by atoms with Crippen LogP contribution in [-0.4, -0.2) is 6.04 Å². The van der Waals surface area contributed by atoms with E-state index in [9.17, 15) is 4.39 Å². The van der Waals surface area contributed by atoms with E-state index in [1.807, 2.05) is 13.0 Å². The zero-order valence-electron chi connectivity index (χ0n) is 10.8. The van der Waals surface area contributed by atoms with Gasteiger partial charge in [0.1, 0.15) is 5.82 Å². The first-order chi connectivity index (χ1) is 9.47. The van der Waals surface area contributed by atoms with Crippen molar-refractivity contribution in [3.63, 3.8) is 0 Å². The van der Waals surface area contributed by atoms with Crippen LogP contribution in [0.5, 0.6) is 0 Å². The molecule has 0 saturated carbocycles. The average Bonchev–Trinajstić information content (AvgIpc) is 2.39. The Balaban J connectivity index is 2.33. The summed E-state index contributed by atoms with van der Waals surface area (Å²) in [7, 11) is 0. The number of hydrogen-bond acceptors (Lipinski definition) is 2. The van der Waals surface area contributed by atoms with Gasteiger partial charge in [0.25, 0.3) is 0 Å². The summed E-state index contributed by atoms with van der Waals surface area (Å²) in [6.45, 7) is 1.89. The zero-order chi connectivity index (χ0) is 14.7. The molecule has 0 aromatic heterocycles. The first kappa shape index (κ1) is 15.6.